The van der Waals surface area contributed by atoms with Gasteiger partial charge in [0.25, 0.3) is 0 Å². The van der Waals surface area contributed by atoms with Crippen LogP contribution in [0.2, 0.25) is 0 Å². The third-order valence-electron chi connectivity index (χ3n) is 0.505. The highest BCUT2D eigenvalue weighted by Crippen LogP contribution is 1.87. The summed E-state index contributed by atoms with van der Waals surface area (Å²) in [6.07, 6.45) is 1.67. The molecule has 0 atom stereocenters. The summed E-state index contributed by atoms with van der Waals surface area (Å²) in [5, 5.41) is 0. The van der Waals surface area contributed by atoms with Crippen molar-refractivity contribution < 1.29 is 9.47 Å². The van der Waals surface area contributed by atoms with Gasteiger partial charge in [-0.3, -0.25) is 0 Å². The van der Waals surface area contributed by atoms with Crippen LogP contribution in [0.4, 0.5) is 0 Å². The monoisotopic (exact) mass is 116 g/mol. The van der Waals surface area contributed by atoms with Crippen LogP contribution in [0.25, 0.3) is 0 Å². The first kappa shape index (κ1) is 7.50. The van der Waals surface area contributed by atoms with Gasteiger partial charge in [-0.05, 0) is 19.4 Å². The lowest BCUT2D eigenvalue weighted by Gasteiger charge is -1.96. The Morgan fingerprint density at radius 1 is 1.50 bits per heavy atom. The molecule has 48 valence electrons. The van der Waals surface area contributed by atoms with Crippen molar-refractivity contribution in [2.45, 2.75) is 13.8 Å². The summed E-state index contributed by atoms with van der Waals surface area (Å²) in [6, 6.07) is 0. The number of hydrogen-bond acceptors (Lipinski definition) is 2. The fourth-order valence-electron chi connectivity index (χ4n) is 0.269. The number of rotatable bonds is 3. The number of ether oxygens (including phenoxy) is 2. The predicted octanol–water partition coefficient (Wildman–Crippen LogP) is 1.53. The molecule has 0 aliphatic heterocycles. The summed E-state index contributed by atoms with van der Waals surface area (Å²) >= 11 is 0. The number of hydrogen-bond donors (Lipinski definition) is 0. The molecule has 0 spiro atoms. The minimum atomic E-state index is 0.338. The summed E-state index contributed by atoms with van der Waals surface area (Å²) in [5.41, 5.74) is 1.14. The zero-order chi connectivity index (χ0) is 6.41. The molecule has 0 rings (SSSR count). The third-order valence-corrected chi connectivity index (χ3v) is 0.505. The largest absolute Gasteiger partial charge is 0.475 e. The maximum atomic E-state index is 4.86. The van der Waals surface area contributed by atoms with E-state index in [0.29, 0.717) is 6.79 Å². The summed E-state index contributed by atoms with van der Waals surface area (Å²) in [7, 11) is 1.60. The molecule has 2 heteroatoms. The molecule has 0 aromatic heterocycles. The van der Waals surface area contributed by atoms with E-state index < -0.39 is 0 Å². The predicted molar refractivity (Wildman–Crippen MR) is 32.4 cm³/mol. The molecule has 0 saturated carbocycles. The standard InChI is InChI=1S/C6H12O2/c1-6(2)4-8-5-7-3/h4H,5H2,1-3H3. The average molecular weight is 116 g/mol. The van der Waals surface area contributed by atoms with Gasteiger partial charge in [-0.2, -0.15) is 0 Å². The molecule has 0 fully saturated rings. The van der Waals surface area contributed by atoms with Crippen LogP contribution in [0.3, 0.4) is 0 Å². The lowest BCUT2D eigenvalue weighted by atomic mass is 10.4. The molecule has 0 bridgehead atoms. The summed E-state index contributed by atoms with van der Waals surface area (Å²) in [4.78, 5) is 0. The lowest BCUT2D eigenvalue weighted by Crippen LogP contribution is -1.88. The third kappa shape index (κ3) is 5.50. The Morgan fingerprint density at radius 2 is 2.12 bits per heavy atom. The fraction of sp³-hybridized carbons (Fsp3) is 0.667. The summed E-state index contributed by atoms with van der Waals surface area (Å²) in [5.74, 6) is 0. The Labute approximate surface area is 50.1 Å². The smallest absolute Gasteiger partial charge is 0.187 e. The first-order valence-electron chi connectivity index (χ1n) is 2.51. The number of methoxy groups -OCH3 is 1. The van der Waals surface area contributed by atoms with Crippen molar-refractivity contribution >= 4 is 0 Å². The van der Waals surface area contributed by atoms with E-state index in [2.05, 4.69) is 4.74 Å². The molecule has 0 unspecified atom stereocenters. The van der Waals surface area contributed by atoms with Crippen molar-refractivity contribution in [2.24, 2.45) is 0 Å². The van der Waals surface area contributed by atoms with Gasteiger partial charge >= 0.3 is 0 Å². The Bertz CT molecular complexity index is 72.6. The molecule has 0 aliphatic carbocycles. The topological polar surface area (TPSA) is 18.5 Å². The highest BCUT2D eigenvalue weighted by Gasteiger charge is 1.75. The second-order valence-corrected chi connectivity index (χ2v) is 1.77. The van der Waals surface area contributed by atoms with Crippen molar-refractivity contribution in [1.82, 2.24) is 0 Å². The van der Waals surface area contributed by atoms with E-state index in [1.54, 1.807) is 13.4 Å². The molecular weight excluding hydrogens is 104 g/mol. The van der Waals surface area contributed by atoms with Crippen LogP contribution in [0.1, 0.15) is 13.8 Å². The molecule has 0 amide bonds. The van der Waals surface area contributed by atoms with Crippen molar-refractivity contribution in [3.63, 3.8) is 0 Å². The van der Waals surface area contributed by atoms with E-state index in [-0.39, 0.29) is 0 Å². The lowest BCUT2D eigenvalue weighted by molar-refractivity contribution is 0.0190. The second kappa shape index (κ2) is 4.65. The van der Waals surface area contributed by atoms with Gasteiger partial charge in [-0.25, -0.2) is 0 Å². The van der Waals surface area contributed by atoms with Gasteiger partial charge < -0.3 is 9.47 Å². The first-order valence-corrected chi connectivity index (χ1v) is 2.51. The van der Waals surface area contributed by atoms with Gasteiger partial charge in [-0.15, -0.1) is 0 Å². The quantitative estimate of drug-likeness (QED) is 0.316. The van der Waals surface area contributed by atoms with Crippen molar-refractivity contribution in [3.8, 4) is 0 Å². The second-order valence-electron chi connectivity index (χ2n) is 1.77. The normalized spacial score (nSPS) is 8.38. The zero-order valence-electron chi connectivity index (χ0n) is 5.60. The van der Waals surface area contributed by atoms with Crippen LogP contribution in [0, 0.1) is 0 Å². The fourth-order valence-corrected chi connectivity index (χ4v) is 0.269. The minimum absolute atomic E-state index is 0.338. The number of allylic oxidation sites excluding steroid dienone is 1. The van der Waals surface area contributed by atoms with Gasteiger partial charge in [0.1, 0.15) is 0 Å². The van der Waals surface area contributed by atoms with Gasteiger partial charge in [0.05, 0.1) is 6.26 Å². The molecule has 8 heavy (non-hydrogen) atoms. The van der Waals surface area contributed by atoms with Crippen LogP contribution in [-0.4, -0.2) is 13.9 Å². The Kier molecular flexibility index (Phi) is 4.36. The molecular formula is C6H12O2. The zero-order valence-corrected chi connectivity index (χ0v) is 5.60. The maximum absolute atomic E-state index is 4.86. The van der Waals surface area contributed by atoms with E-state index >= 15 is 0 Å². The summed E-state index contributed by atoms with van der Waals surface area (Å²) < 4.78 is 9.49. The SMILES string of the molecule is COCOC=C(C)C. The minimum Gasteiger partial charge on any atom is -0.475 e. The van der Waals surface area contributed by atoms with Gasteiger partial charge in [-0.1, -0.05) is 0 Å². The van der Waals surface area contributed by atoms with Crippen LogP contribution in [-0.2, 0) is 9.47 Å². The van der Waals surface area contributed by atoms with Crippen molar-refractivity contribution in [3.05, 3.63) is 11.8 Å². The molecule has 0 N–H and O–H groups in total. The van der Waals surface area contributed by atoms with Gasteiger partial charge in [0.15, 0.2) is 6.79 Å². The van der Waals surface area contributed by atoms with E-state index in [9.17, 15) is 0 Å². The van der Waals surface area contributed by atoms with Crippen LogP contribution in [0.15, 0.2) is 11.8 Å². The highest BCUT2D eigenvalue weighted by molar-refractivity contribution is 4.85. The molecule has 0 heterocycles. The van der Waals surface area contributed by atoms with Crippen molar-refractivity contribution in [1.29, 1.82) is 0 Å². The van der Waals surface area contributed by atoms with Gasteiger partial charge in [0, 0.05) is 7.11 Å². The molecule has 2 nitrogen and oxygen atoms in total. The van der Waals surface area contributed by atoms with E-state index in [0.717, 1.165) is 5.57 Å². The van der Waals surface area contributed by atoms with Gasteiger partial charge in [0.2, 0.25) is 0 Å². The Hall–Kier alpha value is -0.500. The molecule has 0 aliphatic rings. The Balaban J connectivity index is 3.03. The van der Waals surface area contributed by atoms with Crippen LogP contribution >= 0.6 is 0 Å². The summed E-state index contributed by atoms with van der Waals surface area (Å²) in [6.45, 7) is 4.27. The Morgan fingerprint density at radius 3 is 2.50 bits per heavy atom. The van der Waals surface area contributed by atoms with E-state index in [1.807, 2.05) is 13.8 Å². The van der Waals surface area contributed by atoms with Crippen molar-refractivity contribution in [2.75, 3.05) is 13.9 Å². The van der Waals surface area contributed by atoms with E-state index in [4.69, 9.17) is 4.74 Å². The first-order chi connectivity index (χ1) is 3.77. The maximum Gasteiger partial charge on any atom is 0.187 e. The molecule has 0 saturated heterocycles. The van der Waals surface area contributed by atoms with Crippen LogP contribution in [0.5, 0.6) is 0 Å². The van der Waals surface area contributed by atoms with Crippen LogP contribution < -0.4 is 0 Å². The molecule has 0 aromatic rings. The molecule has 0 radical (unpaired) electrons. The van der Waals surface area contributed by atoms with E-state index in [1.165, 1.54) is 0 Å². The highest BCUT2D eigenvalue weighted by atomic mass is 16.7. The average Bonchev–Trinajstić information content (AvgIpc) is 1.66. The molecule has 0 aromatic carbocycles.